The number of fused-ring (bicyclic) bond motifs is 2. The fourth-order valence-electron chi connectivity index (χ4n) is 2.70. The summed E-state index contributed by atoms with van der Waals surface area (Å²) in [6.07, 6.45) is 13.1. The molecule has 0 amide bonds. The van der Waals surface area contributed by atoms with Crippen LogP contribution in [0.3, 0.4) is 0 Å². The molecule has 1 aromatic rings. The normalized spacial score (nSPS) is 24.3. The first-order valence-electron chi connectivity index (χ1n) is 6.11. The van der Waals surface area contributed by atoms with E-state index in [-0.39, 0.29) is 5.92 Å². The zero-order valence-electron chi connectivity index (χ0n) is 9.91. The summed E-state index contributed by atoms with van der Waals surface area (Å²) in [5, 5.41) is 0. The maximum absolute atomic E-state index is 10.6. The van der Waals surface area contributed by atoms with Crippen LogP contribution in [0.2, 0.25) is 0 Å². The average molecular weight is 235 g/mol. The number of carbonyl (C=O) groups excluding carboxylic acids is 1. The molecule has 18 heavy (non-hydrogen) atoms. The fraction of sp³-hybridized carbons (Fsp3) is 0.188. The molecule has 2 unspecified atom stereocenters. The Morgan fingerprint density at radius 1 is 1.17 bits per heavy atom. The van der Waals surface area contributed by atoms with E-state index in [9.17, 15) is 4.79 Å². The summed E-state index contributed by atoms with van der Waals surface area (Å²) >= 11 is 0. The van der Waals surface area contributed by atoms with Gasteiger partial charge in [0.25, 0.3) is 0 Å². The van der Waals surface area contributed by atoms with E-state index in [1.54, 1.807) is 6.08 Å². The van der Waals surface area contributed by atoms with Crippen LogP contribution in [0.4, 0.5) is 0 Å². The lowest BCUT2D eigenvalue weighted by atomic mass is 9.83. The lowest BCUT2D eigenvalue weighted by Crippen LogP contribution is -2.15. The van der Waals surface area contributed by atoms with Crippen LogP contribution >= 0.6 is 0 Å². The summed E-state index contributed by atoms with van der Waals surface area (Å²) in [7, 11) is 0. The van der Waals surface area contributed by atoms with Crippen molar-refractivity contribution in [2.45, 2.75) is 6.42 Å². The van der Waals surface area contributed by atoms with Crippen LogP contribution in [0.15, 0.2) is 59.3 Å². The number of hydrogen-bond donors (Lipinski definition) is 0. The smallest absolute Gasteiger partial charge is 0.211 e. The molecule has 0 saturated heterocycles. The third-order valence-electron chi connectivity index (χ3n) is 3.58. The van der Waals surface area contributed by atoms with Crippen LogP contribution < -0.4 is 0 Å². The van der Waals surface area contributed by atoms with Crippen molar-refractivity contribution in [1.82, 2.24) is 0 Å². The van der Waals surface area contributed by atoms with Crippen LogP contribution in [0.1, 0.15) is 11.1 Å². The molecule has 0 spiro atoms. The fourth-order valence-corrected chi connectivity index (χ4v) is 2.70. The maximum Gasteiger partial charge on any atom is 0.240 e. The van der Waals surface area contributed by atoms with Crippen molar-refractivity contribution in [2.24, 2.45) is 16.8 Å². The molecule has 88 valence electrons. The van der Waals surface area contributed by atoms with Gasteiger partial charge in [-0.2, -0.15) is 4.99 Å². The highest BCUT2D eigenvalue weighted by Crippen LogP contribution is 2.35. The van der Waals surface area contributed by atoms with E-state index in [0.29, 0.717) is 5.92 Å². The van der Waals surface area contributed by atoms with Gasteiger partial charge in [0.15, 0.2) is 0 Å². The Labute approximate surface area is 106 Å². The first-order chi connectivity index (χ1) is 8.88. The van der Waals surface area contributed by atoms with Gasteiger partial charge in [-0.3, -0.25) is 0 Å². The van der Waals surface area contributed by atoms with Gasteiger partial charge < -0.3 is 0 Å². The van der Waals surface area contributed by atoms with Crippen LogP contribution in [0.5, 0.6) is 0 Å². The van der Waals surface area contributed by atoms with Gasteiger partial charge in [0, 0.05) is 5.92 Å². The summed E-state index contributed by atoms with van der Waals surface area (Å²) < 4.78 is 0. The topological polar surface area (TPSA) is 29.4 Å². The van der Waals surface area contributed by atoms with Crippen LogP contribution in [0, 0.1) is 11.8 Å². The summed E-state index contributed by atoms with van der Waals surface area (Å²) in [6.45, 7) is 0. The van der Waals surface area contributed by atoms with Gasteiger partial charge >= 0.3 is 0 Å². The molecule has 0 N–H and O–H groups in total. The van der Waals surface area contributed by atoms with Crippen molar-refractivity contribution < 1.29 is 4.79 Å². The van der Waals surface area contributed by atoms with Crippen molar-refractivity contribution >= 4 is 12.2 Å². The standard InChI is InChI=1S/C16H13NO/c18-11-17-16-10-13-6-2-1-5-12(13)9-14-7-3-4-8-15(14)16/h1-8,10,14-15H,9H2. The number of rotatable bonds is 1. The zero-order valence-corrected chi connectivity index (χ0v) is 9.91. The van der Waals surface area contributed by atoms with Crippen molar-refractivity contribution in [3.63, 3.8) is 0 Å². The van der Waals surface area contributed by atoms with E-state index >= 15 is 0 Å². The molecule has 2 atom stereocenters. The van der Waals surface area contributed by atoms with Crippen molar-refractivity contribution in [1.29, 1.82) is 0 Å². The number of hydrogen-bond acceptors (Lipinski definition) is 2. The van der Waals surface area contributed by atoms with Gasteiger partial charge in [-0.25, -0.2) is 4.79 Å². The number of isocyanates is 1. The van der Waals surface area contributed by atoms with Crippen molar-refractivity contribution in [3.05, 3.63) is 65.4 Å². The predicted octanol–water partition coefficient (Wildman–Crippen LogP) is 3.28. The third-order valence-corrected chi connectivity index (χ3v) is 3.58. The second-order valence-electron chi connectivity index (χ2n) is 4.63. The Bertz CT molecular complexity index is 603. The van der Waals surface area contributed by atoms with Gasteiger partial charge in [0.05, 0.1) is 5.70 Å². The maximum atomic E-state index is 10.6. The Morgan fingerprint density at radius 2 is 2.00 bits per heavy atom. The van der Waals surface area contributed by atoms with Crippen LogP contribution in [-0.4, -0.2) is 6.08 Å². The average Bonchev–Trinajstić information content (AvgIpc) is 2.56. The second kappa shape index (κ2) is 4.59. The summed E-state index contributed by atoms with van der Waals surface area (Å²) in [4.78, 5) is 14.5. The molecule has 0 heterocycles. The third kappa shape index (κ3) is 1.87. The molecule has 2 aliphatic rings. The van der Waals surface area contributed by atoms with Gasteiger partial charge in [-0.05, 0) is 29.5 Å². The molecular weight excluding hydrogens is 222 g/mol. The Kier molecular flexibility index (Phi) is 2.79. The second-order valence-corrected chi connectivity index (χ2v) is 4.63. The Balaban J connectivity index is 2.15. The number of benzene rings is 1. The summed E-state index contributed by atoms with van der Waals surface area (Å²) in [6, 6.07) is 8.28. The minimum Gasteiger partial charge on any atom is -0.211 e. The molecule has 0 radical (unpaired) electrons. The largest absolute Gasteiger partial charge is 0.240 e. The Morgan fingerprint density at radius 3 is 2.89 bits per heavy atom. The van der Waals surface area contributed by atoms with Crippen LogP contribution in [-0.2, 0) is 11.2 Å². The highest BCUT2D eigenvalue weighted by atomic mass is 16.1. The van der Waals surface area contributed by atoms with E-state index in [0.717, 1.165) is 17.7 Å². The van der Waals surface area contributed by atoms with E-state index < -0.39 is 0 Å². The number of aliphatic imine (C=N–C) groups is 1. The van der Waals surface area contributed by atoms with E-state index in [1.165, 1.54) is 5.56 Å². The molecule has 0 fully saturated rings. The van der Waals surface area contributed by atoms with E-state index in [4.69, 9.17) is 0 Å². The molecule has 0 bridgehead atoms. The van der Waals surface area contributed by atoms with E-state index in [1.807, 2.05) is 18.2 Å². The molecule has 2 nitrogen and oxygen atoms in total. The quantitative estimate of drug-likeness (QED) is 0.542. The van der Waals surface area contributed by atoms with Crippen molar-refractivity contribution in [2.75, 3.05) is 0 Å². The molecule has 1 aromatic carbocycles. The van der Waals surface area contributed by atoms with Gasteiger partial charge in [0.1, 0.15) is 0 Å². The predicted molar refractivity (Wildman–Crippen MR) is 71.5 cm³/mol. The highest BCUT2D eigenvalue weighted by molar-refractivity contribution is 5.61. The summed E-state index contributed by atoms with van der Waals surface area (Å²) in [5.74, 6) is 0.561. The monoisotopic (exact) mass is 235 g/mol. The molecule has 0 aromatic heterocycles. The molecule has 3 rings (SSSR count). The Hall–Kier alpha value is -2.18. The molecule has 0 saturated carbocycles. The first-order valence-corrected chi connectivity index (χ1v) is 6.11. The minimum absolute atomic E-state index is 0.184. The molecular formula is C16H13NO. The SMILES string of the molecule is O=C=NC1=Cc2ccccc2CC2C=CC=CC12. The van der Waals surface area contributed by atoms with Gasteiger partial charge in [0.2, 0.25) is 6.08 Å². The number of allylic oxidation sites excluding steroid dienone is 4. The summed E-state index contributed by atoms with van der Waals surface area (Å²) in [5.41, 5.74) is 3.27. The van der Waals surface area contributed by atoms with E-state index in [2.05, 4.69) is 41.4 Å². The lowest BCUT2D eigenvalue weighted by molar-refractivity contribution is 0.524. The number of nitrogens with zero attached hydrogens (tertiary/aromatic N) is 1. The lowest BCUT2D eigenvalue weighted by Gasteiger charge is -2.22. The minimum atomic E-state index is 0.184. The van der Waals surface area contributed by atoms with Crippen LogP contribution in [0.25, 0.3) is 6.08 Å². The van der Waals surface area contributed by atoms with Crippen molar-refractivity contribution in [3.8, 4) is 0 Å². The molecule has 2 heteroatoms. The van der Waals surface area contributed by atoms with Gasteiger partial charge in [-0.1, -0.05) is 48.6 Å². The zero-order chi connectivity index (χ0) is 12.4. The molecule has 2 aliphatic carbocycles. The highest BCUT2D eigenvalue weighted by Gasteiger charge is 2.26. The first kappa shape index (κ1) is 10.9. The van der Waals surface area contributed by atoms with Gasteiger partial charge in [-0.15, -0.1) is 0 Å². The molecule has 0 aliphatic heterocycles.